The summed E-state index contributed by atoms with van der Waals surface area (Å²) in [6.07, 6.45) is -4.46. The molecule has 33 heavy (non-hydrogen) atoms. The van der Waals surface area contributed by atoms with Crippen LogP contribution in [-0.2, 0) is 32.3 Å². The van der Waals surface area contributed by atoms with E-state index in [2.05, 4.69) is 9.62 Å². The second-order valence-electron chi connectivity index (χ2n) is 7.55. The number of carbonyl (C=O) groups is 1. The molecule has 1 N–H and O–H groups in total. The molecule has 0 spiro atoms. The topological polar surface area (TPSA) is 84.9 Å². The van der Waals surface area contributed by atoms with E-state index in [9.17, 15) is 26.4 Å². The van der Waals surface area contributed by atoms with Crippen molar-refractivity contribution >= 4 is 21.7 Å². The summed E-state index contributed by atoms with van der Waals surface area (Å²) in [5, 5.41) is 0. The Morgan fingerprint density at radius 1 is 1.09 bits per heavy atom. The van der Waals surface area contributed by atoms with Crippen molar-refractivity contribution in [1.29, 1.82) is 0 Å². The number of nitrogens with one attached hydrogen (secondary N) is 1. The number of hydrogen-bond donors (Lipinski definition) is 1. The molecule has 0 radical (unpaired) electrons. The lowest BCUT2D eigenvalue weighted by Crippen LogP contribution is -2.37. The molecule has 0 unspecified atom stereocenters. The van der Waals surface area contributed by atoms with Gasteiger partial charge in [0.15, 0.2) is 0 Å². The maximum atomic E-state index is 13.4. The zero-order valence-corrected chi connectivity index (χ0v) is 18.6. The predicted octanol–water partition coefficient (Wildman–Crippen LogP) is 3.53. The Kier molecular flexibility index (Phi) is 8.33. The van der Waals surface area contributed by atoms with E-state index in [-0.39, 0.29) is 18.0 Å². The van der Waals surface area contributed by atoms with Gasteiger partial charge in [-0.3, -0.25) is 9.62 Å². The van der Waals surface area contributed by atoms with Crippen LogP contribution >= 0.6 is 0 Å². The molecule has 0 bridgehead atoms. The highest BCUT2D eigenvalue weighted by atomic mass is 32.2. The Balaban J connectivity index is 1.68. The molecule has 11 heteroatoms. The van der Waals surface area contributed by atoms with Crippen LogP contribution in [0, 0.1) is 0 Å². The van der Waals surface area contributed by atoms with Crippen LogP contribution in [0.5, 0.6) is 0 Å². The molecule has 2 aromatic carbocycles. The zero-order chi connectivity index (χ0) is 23.9. The summed E-state index contributed by atoms with van der Waals surface area (Å²) in [5.74, 6) is -1.40. The molecule has 0 saturated carbocycles. The second kappa shape index (κ2) is 11.0. The van der Waals surface area contributed by atoms with E-state index in [0.717, 1.165) is 25.2 Å². The van der Waals surface area contributed by atoms with Gasteiger partial charge in [-0.1, -0.05) is 30.3 Å². The van der Waals surface area contributed by atoms with Crippen molar-refractivity contribution in [2.75, 3.05) is 43.3 Å². The van der Waals surface area contributed by atoms with Crippen LogP contribution in [0.4, 0.5) is 18.9 Å². The number of rotatable bonds is 9. The Hall–Kier alpha value is -2.63. The van der Waals surface area contributed by atoms with Gasteiger partial charge in [0, 0.05) is 18.8 Å². The first kappa shape index (κ1) is 25.0. The van der Waals surface area contributed by atoms with Gasteiger partial charge in [-0.2, -0.15) is 13.2 Å². The van der Waals surface area contributed by atoms with Crippen molar-refractivity contribution in [3.05, 3.63) is 65.2 Å². The molecule has 180 valence electrons. The average molecular weight is 487 g/mol. The van der Waals surface area contributed by atoms with Gasteiger partial charge in [-0.05, 0) is 36.7 Å². The Labute approximate surface area is 190 Å². The minimum absolute atomic E-state index is 0.138. The van der Waals surface area contributed by atoms with E-state index < -0.39 is 33.3 Å². The summed E-state index contributed by atoms with van der Waals surface area (Å²) in [6.45, 7) is 2.99. The highest BCUT2D eigenvalue weighted by Crippen LogP contribution is 2.34. The van der Waals surface area contributed by atoms with E-state index in [4.69, 9.17) is 9.47 Å². The van der Waals surface area contributed by atoms with E-state index in [1.807, 2.05) is 0 Å². The Morgan fingerprint density at radius 3 is 2.45 bits per heavy atom. The van der Waals surface area contributed by atoms with Gasteiger partial charge < -0.3 is 9.47 Å². The molecule has 3 rings (SSSR count). The van der Waals surface area contributed by atoms with Gasteiger partial charge in [0.2, 0.25) is 10.0 Å². The third-order valence-electron chi connectivity index (χ3n) is 5.02. The molecular weight excluding hydrogens is 461 g/mol. The van der Waals surface area contributed by atoms with Crippen molar-refractivity contribution in [3.8, 4) is 0 Å². The summed E-state index contributed by atoms with van der Waals surface area (Å²) >= 11 is 0. The highest BCUT2D eigenvalue weighted by Gasteiger charge is 2.36. The van der Waals surface area contributed by atoms with Crippen LogP contribution in [0.15, 0.2) is 48.5 Å². The largest absolute Gasteiger partial charge is 0.457 e. The van der Waals surface area contributed by atoms with Crippen LogP contribution in [0.1, 0.15) is 27.9 Å². The molecule has 1 fully saturated rings. The van der Waals surface area contributed by atoms with Gasteiger partial charge in [-0.25, -0.2) is 13.2 Å². The standard InChI is InChI=1S/C22H25F3N2O5S/c23-22(24,25)20-8-7-18(15-19(20)21(28)32-16-17-5-2-1-3-6-17)26-33(29,30)14-4-9-27-10-12-31-13-11-27/h1-3,5-8,15,26H,4,9-14,16H2. The molecule has 0 aliphatic carbocycles. The van der Waals surface area contributed by atoms with Crippen LogP contribution in [-0.4, -0.2) is 57.9 Å². The monoisotopic (exact) mass is 486 g/mol. The SMILES string of the molecule is O=C(OCc1ccccc1)c1cc(NS(=O)(=O)CCCN2CCOCC2)ccc1C(F)(F)F. The third kappa shape index (κ3) is 7.72. The molecule has 0 amide bonds. The quantitative estimate of drug-likeness (QED) is 0.546. The third-order valence-corrected chi connectivity index (χ3v) is 6.39. The minimum Gasteiger partial charge on any atom is -0.457 e. The number of alkyl halides is 3. The van der Waals surface area contributed by atoms with Crippen molar-refractivity contribution in [2.24, 2.45) is 0 Å². The molecule has 0 atom stereocenters. The van der Waals surface area contributed by atoms with Crippen molar-refractivity contribution in [3.63, 3.8) is 0 Å². The van der Waals surface area contributed by atoms with E-state index in [0.29, 0.717) is 37.8 Å². The van der Waals surface area contributed by atoms with Gasteiger partial charge in [0.25, 0.3) is 0 Å². The number of nitrogens with zero attached hydrogens (tertiary/aromatic N) is 1. The molecule has 1 aliphatic rings. The first-order valence-electron chi connectivity index (χ1n) is 10.4. The maximum absolute atomic E-state index is 13.4. The van der Waals surface area contributed by atoms with E-state index >= 15 is 0 Å². The number of carbonyl (C=O) groups excluding carboxylic acids is 1. The van der Waals surface area contributed by atoms with E-state index in [1.165, 1.54) is 0 Å². The lowest BCUT2D eigenvalue weighted by atomic mass is 10.1. The van der Waals surface area contributed by atoms with Crippen LogP contribution in [0.25, 0.3) is 0 Å². The lowest BCUT2D eigenvalue weighted by Gasteiger charge is -2.26. The Morgan fingerprint density at radius 2 is 1.79 bits per heavy atom. The predicted molar refractivity (Wildman–Crippen MR) is 116 cm³/mol. The highest BCUT2D eigenvalue weighted by molar-refractivity contribution is 7.92. The second-order valence-corrected chi connectivity index (χ2v) is 9.39. The van der Waals surface area contributed by atoms with Gasteiger partial charge in [0.1, 0.15) is 6.61 Å². The fourth-order valence-electron chi connectivity index (χ4n) is 3.36. The number of ether oxygens (including phenoxy) is 2. The number of benzene rings is 2. The average Bonchev–Trinajstić information content (AvgIpc) is 2.77. The number of morpholine rings is 1. The van der Waals surface area contributed by atoms with Gasteiger partial charge >= 0.3 is 12.1 Å². The summed E-state index contributed by atoms with van der Waals surface area (Å²) < 4.78 is 77.7. The van der Waals surface area contributed by atoms with Gasteiger partial charge in [0.05, 0.1) is 30.1 Å². The normalized spacial score (nSPS) is 15.2. The first-order chi connectivity index (χ1) is 15.6. The number of sulfonamides is 1. The van der Waals surface area contributed by atoms with Crippen molar-refractivity contribution in [1.82, 2.24) is 4.90 Å². The molecule has 1 heterocycles. The smallest absolute Gasteiger partial charge is 0.417 e. The van der Waals surface area contributed by atoms with E-state index in [1.54, 1.807) is 30.3 Å². The number of hydrogen-bond acceptors (Lipinski definition) is 6. The summed E-state index contributed by atoms with van der Waals surface area (Å²) in [5.41, 5.74) is -1.49. The number of esters is 1. The lowest BCUT2D eigenvalue weighted by molar-refractivity contribution is -0.138. The molecule has 1 aliphatic heterocycles. The molecule has 7 nitrogen and oxygen atoms in total. The molecular formula is C22H25F3N2O5S. The maximum Gasteiger partial charge on any atom is 0.417 e. The van der Waals surface area contributed by atoms with Crippen LogP contribution in [0.3, 0.4) is 0 Å². The van der Waals surface area contributed by atoms with Crippen molar-refractivity contribution < 1.29 is 35.9 Å². The minimum atomic E-state index is -4.81. The Bertz CT molecular complexity index is 1040. The molecule has 0 aromatic heterocycles. The first-order valence-corrected chi connectivity index (χ1v) is 12.0. The zero-order valence-electron chi connectivity index (χ0n) is 17.8. The van der Waals surface area contributed by atoms with Crippen molar-refractivity contribution in [2.45, 2.75) is 19.2 Å². The molecule has 2 aromatic rings. The number of halogens is 3. The summed E-state index contributed by atoms with van der Waals surface area (Å²) in [4.78, 5) is 14.5. The molecule has 1 saturated heterocycles. The number of anilines is 1. The van der Waals surface area contributed by atoms with Crippen LogP contribution in [0.2, 0.25) is 0 Å². The fraction of sp³-hybridized carbons (Fsp3) is 0.409. The summed E-state index contributed by atoms with van der Waals surface area (Å²) in [7, 11) is -3.82. The summed E-state index contributed by atoms with van der Waals surface area (Å²) in [6, 6.07) is 11.0. The van der Waals surface area contributed by atoms with Crippen LogP contribution < -0.4 is 4.72 Å². The fourth-order valence-corrected chi connectivity index (χ4v) is 4.46. The van der Waals surface area contributed by atoms with Gasteiger partial charge in [-0.15, -0.1) is 0 Å².